The highest BCUT2D eigenvalue weighted by atomic mass is 16.5. The van der Waals surface area contributed by atoms with Crippen LogP contribution in [0, 0.1) is 11.8 Å². The van der Waals surface area contributed by atoms with Crippen LogP contribution in [0.3, 0.4) is 0 Å². The fraction of sp³-hybridized carbons (Fsp3) is 0.611. The number of likely N-dealkylation sites (tertiary alicyclic amines) is 1. The molecule has 0 spiro atoms. The van der Waals surface area contributed by atoms with Crippen LogP contribution in [0.4, 0.5) is 5.82 Å². The van der Waals surface area contributed by atoms with Gasteiger partial charge in [0.2, 0.25) is 0 Å². The van der Waals surface area contributed by atoms with E-state index in [0.29, 0.717) is 11.8 Å². The summed E-state index contributed by atoms with van der Waals surface area (Å²) in [4.78, 5) is 13.9. The molecule has 4 heterocycles. The first-order valence-corrected chi connectivity index (χ1v) is 8.68. The largest absolute Gasteiger partial charge is 0.364 e. The molecule has 0 saturated carbocycles. The molecule has 0 bridgehead atoms. The van der Waals surface area contributed by atoms with E-state index in [1.807, 2.05) is 6.07 Å². The van der Waals surface area contributed by atoms with Gasteiger partial charge < -0.3 is 9.42 Å². The van der Waals surface area contributed by atoms with Crippen LogP contribution >= 0.6 is 0 Å². The van der Waals surface area contributed by atoms with Crippen molar-refractivity contribution in [1.82, 2.24) is 20.0 Å². The number of aromatic nitrogens is 3. The first kappa shape index (κ1) is 15.6. The second kappa shape index (κ2) is 5.84. The minimum absolute atomic E-state index is 0.0572. The minimum atomic E-state index is 0.0572. The number of fused-ring (bicyclic) bond motifs is 1. The summed E-state index contributed by atoms with van der Waals surface area (Å²) in [6, 6.07) is 4.11. The summed E-state index contributed by atoms with van der Waals surface area (Å²) in [5, 5.41) is 4.02. The third-order valence-corrected chi connectivity index (χ3v) is 5.18. The predicted octanol–water partition coefficient (Wildman–Crippen LogP) is 2.33. The van der Waals surface area contributed by atoms with Gasteiger partial charge in [0.15, 0.2) is 0 Å². The SMILES string of the molecule is CC(C)(C)c1cc(N2CC3CN(Cc4ccon4)CC3C2)ncn1. The summed E-state index contributed by atoms with van der Waals surface area (Å²) in [5.74, 6) is 2.50. The fourth-order valence-corrected chi connectivity index (χ4v) is 3.88. The van der Waals surface area contributed by atoms with Crippen LogP contribution in [0.1, 0.15) is 32.2 Å². The van der Waals surface area contributed by atoms with Gasteiger partial charge in [0.05, 0.1) is 11.4 Å². The molecule has 0 aliphatic carbocycles. The number of anilines is 1. The lowest BCUT2D eigenvalue weighted by atomic mass is 9.92. The summed E-state index contributed by atoms with van der Waals surface area (Å²) in [7, 11) is 0. The molecule has 0 N–H and O–H groups in total. The van der Waals surface area contributed by atoms with Crippen molar-refractivity contribution in [2.75, 3.05) is 31.1 Å². The Hall–Kier alpha value is -1.95. The lowest BCUT2D eigenvalue weighted by molar-refractivity contribution is 0.295. The Balaban J connectivity index is 1.41. The molecule has 0 amide bonds. The van der Waals surface area contributed by atoms with Crippen molar-refractivity contribution in [3.63, 3.8) is 0 Å². The summed E-state index contributed by atoms with van der Waals surface area (Å²) < 4.78 is 4.93. The van der Waals surface area contributed by atoms with Crippen LogP contribution < -0.4 is 4.90 Å². The Morgan fingerprint density at radius 1 is 1.12 bits per heavy atom. The Labute approximate surface area is 142 Å². The van der Waals surface area contributed by atoms with Gasteiger partial charge in [-0.1, -0.05) is 25.9 Å². The summed E-state index contributed by atoms with van der Waals surface area (Å²) in [6.07, 6.45) is 3.36. The number of hydrogen-bond acceptors (Lipinski definition) is 6. The van der Waals surface area contributed by atoms with Gasteiger partial charge in [-0.3, -0.25) is 4.90 Å². The molecule has 6 heteroatoms. The highest BCUT2D eigenvalue weighted by Crippen LogP contribution is 2.34. The van der Waals surface area contributed by atoms with Crippen LogP contribution in [0.15, 0.2) is 29.2 Å². The predicted molar refractivity (Wildman–Crippen MR) is 91.7 cm³/mol. The van der Waals surface area contributed by atoms with Crippen molar-refractivity contribution in [2.45, 2.75) is 32.7 Å². The van der Waals surface area contributed by atoms with E-state index in [4.69, 9.17) is 4.52 Å². The Bertz CT molecular complexity index is 680. The Kier molecular flexibility index (Phi) is 3.79. The summed E-state index contributed by atoms with van der Waals surface area (Å²) in [5.41, 5.74) is 2.19. The van der Waals surface area contributed by atoms with Gasteiger partial charge in [-0.25, -0.2) is 9.97 Å². The normalized spacial score (nSPS) is 24.5. The standard InChI is InChI=1S/C18H25N5O/c1-18(2,3)16-6-17(20-12-19-16)23-9-13-7-22(8-14(13)10-23)11-15-4-5-24-21-15/h4-6,12-14H,7-11H2,1-3H3. The molecule has 2 aromatic heterocycles. The highest BCUT2D eigenvalue weighted by molar-refractivity contribution is 5.42. The average Bonchev–Trinajstić information content (AvgIpc) is 3.23. The van der Waals surface area contributed by atoms with Gasteiger partial charge in [-0.2, -0.15) is 0 Å². The summed E-state index contributed by atoms with van der Waals surface area (Å²) >= 11 is 0. The van der Waals surface area contributed by atoms with E-state index in [1.54, 1.807) is 12.6 Å². The molecule has 6 nitrogen and oxygen atoms in total. The van der Waals surface area contributed by atoms with Gasteiger partial charge in [0, 0.05) is 50.3 Å². The first-order valence-electron chi connectivity index (χ1n) is 8.68. The van der Waals surface area contributed by atoms with Gasteiger partial charge in [0.1, 0.15) is 18.4 Å². The molecule has 24 heavy (non-hydrogen) atoms. The Morgan fingerprint density at radius 3 is 2.50 bits per heavy atom. The molecule has 2 unspecified atom stereocenters. The van der Waals surface area contributed by atoms with Crippen LogP contribution in [0.5, 0.6) is 0 Å². The van der Waals surface area contributed by atoms with Crippen molar-refractivity contribution in [1.29, 1.82) is 0 Å². The van der Waals surface area contributed by atoms with Crippen LogP contribution in [0.25, 0.3) is 0 Å². The molecular weight excluding hydrogens is 302 g/mol. The molecule has 0 radical (unpaired) electrons. The maximum Gasteiger partial charge on any atom is 0.132 e. The maximum atomic E-state index is 4.93. The van der Waals surface area contributed by atoms with Crippen LogP contribution in [0.2, 0.25) is 0 Å². The lowest BCUT2D eigenvalue weighted by Crippen LogP contribution is -2.29. The molecule has 2 aliphatic rings. The van der Waals surface area contributed by atoms with Crippen molar-refractivity contribution < 1.29 is 4.52 Å². The van der Waals surface area contributed by atoms with Gasteiger partial charge in [-0.05, 0) is 11.8 Å². The van der Waals surface area contributed by atoms with Crippen molar-refractivity contribution in [3.05, 3.63) is 36.1 Å². The van der Waals surface area contributed by atoms with Gasteiger partial charge in [0.25, 0.3) is 0 Å². The average molecular weight is 327 g/mol. The third-order valence-electron chi connectivity index (χ3n) is 5.18. The second-order valence-corrected chi connectivity index (χ2v) is 8.12. The molecule has 2 aromatic rings. The molecule has 2 saturated heterocycles. The Morgan fingerprint density at radius 2 is 1.88 bits per heavy atom. The summed E-state index contributed by atoms with van der Waals surface area (Å²) in [6.45, 7) is 11.9. The topological polar surface area (TPSA) is 58.3 Å². The van der Waals surface area contributed by atoms with E-state index in [-0.39, 0.29) is 5.41 Å². The lowest BCUT2D eigenvalue weighted by Gasteiger charge is -2.24. The minimum Gasteiger partial charge on any atom is -0.364 e. The molecule has 0 aromatic carbocycles. The molecule has 2 aliphatic heterocycles. The monoisotopic (exact) mass is 327 g/mol. The number of nitrogens with zero attached hydrogens (tertiary/aromatic N) is 5. The van der Waals surface area contributed by atoms with E-state index < -0.39 is 0 Å². The maximum absolute atomic E-state index is 4.93. The van der Waals surface area contributed by atoms with Gasteiger partial charge >= 0.3 is 0 Å². The molecule has 4 rings (SSSR count). The molecular formula is C18H25N5O. The zero-order valence-corrected chi connectivity index (χ0v) is 14.6. The van der Waals surface area contributed by atoms with Gasteiger partial charge in [-0.15, -0.1) is 0 Å². The van der Waals surface area contributed by atoms with Crippen molar-refractivity contribution in [2.24, 2.45) is 11.8 Å². The van der Waals surface area contributed by atoms with E-state index in [1.165, 1.54) is 0 Å². The molecule has 2 fully saturated rings. The van der Waals surface area contributed by atoms with Crippen LogP contribution in [-0.4, -0.2) is 46.2 Å². The fourth-order valence-electron chi connectivity index (χ4n) is 3.88. The van der Waals surface area contributed by atoms with E-state index >= 15 is 0 Å². The molecule has 2 atom stereocenters. The highest BCUT2D eigenvalue weighted by Gasteiger charge is 2.40. The quantitative estimate of drug-likeness (QED) is 0.862. The zero-order valence-electron chi connectivity index (χ0n) is 14.6. The van der Waals surface area contributed by atoms with E-state index in [0.717, 1.165) is 49.9 Å². The van der Waals surface area contributed by atoms with Crippen molar-refractivity contribution >= 4 is 5.82 Å². The van der Waals surface area contributed by atoms with E-state index in [2.05, 4.69) is 51.8 Å². The smallest absolute Gasteiger partial charge is 0.132 e. The third kappa shape index (κ3) is 3.02. The zero-order chi connectivity index (χ0) is 16.7. The second-order valence-electron chi connectivity index (χ2n) is 8.12. The number of rotatable bonds is 3. The first-order chi connectivity index (χ1) is 11.5. The molecule has 128 valence electrons. The number of hydrogen-bond donors (Lipinski definition) is 0. The van der Waals surface area contributed by atoms with Crippen LogP contribution in [-0.2, 0) is 12.0 Å². The van der Waals surface area contributed by atoms with Crippen molar-refractivity contribution in [3.8, 4) is 0 Å². The van der Waals surface area contributed by atoms with E-state index in [9.17, 15) is 0 Å².